The van der Waals surface area contributed by atoms with Gasteiger partial charge in [-0.05, 0) is 30.2 Å². The molecule has 34 heavy (non-hydrogen) atoms. The topological polar surface area (TPSA) is 76.2 Å². The Hall–Kier alpha value is -2.61. The first-order valence-corrected chi connectivity index (χ1v) is 12.8. The van der Waals surface area contributed by atoms with E-state index in [1.54, 1.807) is 22.0 Å². The third kappa shape index (κ3) is 5.06. The summed E-state index contributed by atoms with van der Waals surface area (Å²) in [5.41, 5.74) is 1.01. The number of fused-ring (bicyclic) bond motifs is 1. The van der Waals surface area contributed by atoms with Crippen LogP contribution in [0, 0.1) is 11.8 Å². The lowest BCUT2D eigenvalue weighted by atomic mass is 9.87. The summed E-state index contributed by atoms with van der Waals surface area (Å²) in [5, 5.41) is 6.37. The van der Waals surface area contributed by atoms with Crippen molar-refractivity contribution in [2.45, 2.75) is 71.1 Å². The van der Waals surface area contributed by atoms with Crippen LogP contribution in [-0.2, 0) is 16.1 Å². The van der Waals surface area contributed by atoms with Crippen LogP contribution in [0.2, 0.25) is 0 Å². The normalized spacial score (nSPS) is 25.3. The number of nitrogens with zero attached hydrogens (tertiary/aromatic N) is 4. The molecule has 3 fully saturated rings. The van der Waals surface area contributed by atoms with Gasteiger partial charge in [-0.1, -0.05) is 69.9 Å². The van der Waals surface area contributed by atoms with E-state index < -0.39 is 12.2 Å². The molecule has 1 saturated carbocycles. The summed E-state index contributed by atoms with van der Waals surface area (Å²) in [6.07, 6.45) is 6.28. The average molecular weight is 470 g/mol. The molecule has 3 atom stereocenters. The van der Waals surface area contributed by atoms with Crippen LogP contribution in [0.25, 0.3) is 0 Å². The molecule has 1 N–H and O–H groups in total. The second-order valence-electron chi connectivity index (χ2n) is 10.2. The molecule has 8 heteroatoms. The van der Waals surface area contributed by atoms with Crippen LogP contribution in [0.3, 0.4) is 0 Å². The summed E-state index contributed by atoms with van der Waals surface area (Å²) in [4.78, 5) is 43.9. The predicted octanol–water partition coefficient (Wildman–Crippen LogP) is 3.05. The molecule has 2 saturated heterocycles. The molecule has 0 radical (unpaired) electrons. The van der Waals surface area contributed by atoms with E-state index in [9.17, 15) is 14.4 Å². The number of benzene rings is 1. The fourth-order valence-corrected chi connectivity index (χ4v) is 5.70. The molecule has 4 rings (SSSR count). The average Bonchev–Trinajstić information content (AvgIpc) is 2.84. The van der Waals surface area contributed by atoms with E-state index in [1.165, 1.54) is 19.3 Å². The fraction of sp³-hybridized carbons (Fsp3) is 0.654. The Morgan fingerprint density at radius 1 is 1.12 bits per heavy atom. The molecule has 8 nitrogen and oxygen atoms in total. The highest BCUT2D eigenvalue weighted by atomic mass is 16.2. The lowest BCUT2D eigenvalue weighted by Crippen LogP contribution is -2.76. The maximum absolute atomic E-state index is 13.7. The van der Waals surface area contributed by atoms with Gasteiger partial charge in [0.1, 0.15) is 12.2 Å². The zero-order chi connectivity index (χ0) is 24.2. The predicted molar refractivity (Wildman–Crippen MR) is 130 cm³/mol. The number of likely N-dealkylation sites (N-methyl/N-ethyl adjacent to an activating group) is 1. The summed E-state index contributed by atoms with van der Waals surface area (Å²) in [5.74, 6) is 0.472. The Bertz CT molecular complexity index is 872. The number of nitrogens with one attached hydrogen (secondary N) is 1. The van der Waals surface area contributed by atoms with Crippen LogP contribution in [0.15, 0.2) is 30.3 Å². The van der Waals surface area contributed by atoms with Gasteiger partial charge in [-0.15, -0.1) is 0 Å². The van der Waals surface area contributed by atoms with Gasteiger partial charge in [0.25, 0.3) is 0 Å². The first kappa shape index (κ1) is 24.5. The first-order chi connectivity index (χ1) is 16.4. The maximum Gasteiger partial charge on any atom is 0.334 e. The second-order valence-corrected chi connectivity index (χ2v) is 10.2. The van der Waals surface area contributed by atoms with Crippen LogP contribution >= 0.6 is 0 Å². The highest BCUT2D eigenvalue weighted by Gasteiger charge is 2.52. The van der Waals surface area contributed by atoms with Gasteiger partial charge in [-0.25, -0.2) is 14.8 Å². The van der Waals surface area contributed by atoms with Gasteiger partial charge in [0, 0.05) is 20.1 Å². The van der Waals surface area contributed by atoms with Crippen molar-refractivity contribution >= 4 is 17.8 Å². The monoisotopic (exact) mass is 469 g/mol. The molecule has 1 aliphatic carbocycles. The number of hydrogen-bond acceptors (Lipinski definition) is 4. The molecule has 0 aromatic heterocycles. The van der Waals surface area contributed by atoms with Gasteiger partial charge in [0.05, 0.1) is 13.1 Å². The summed E-state index contributed by atoms with van der Waals surface area (Å²) >= 11 is 0. The zero-order valence-electron chi connectivity index (χ0n) is 20.8. The molecule has 4 amide bonds. The van der Waals surface area contributed by atoms with Crippen LogP contribution < -0.4 is 5.32 Å². The standard InChI is InChI=1S/C26H39N5O3/c1-4-19(2)24-25(33)29(16-21-13-9-6-10-14-21)17-22-30(24)23(32)18-28(3)31(22)26(34)27-15-20-11-7-5-8-12-20/h5,7-8,11-12,19,21-22,24H,4,6,9-10,13-18H2,1-3H3,(H,27,34)/t19?,22-,24-/m0/s1. The molecule has 1 aromatic carbocycles. The minimum atomic E-state index is -0.530. The van der Waals surface area contributed by atoms with Gasteiger partial charge in [-0.2, -0.15) is 0 Å². The van der Waals surface area contributed by atoms with E-state index >= 15 is 0 Å². The third-order valence-electron chi connectivity index (χ3n) is 7.75. The summed E-state index contributed by atoms with van der Waals surface area (Å²) in [7, 11) is 1.78. The van der Waals surface area contributed by atoms with Crippen molar-refractivity contribution in [1.29, 1.82) is 0 Å². The smallest absolute Gasteiger partial charge is 0.334 e. The SMILES string of the molecule is CCC(C)[C@H]1C(=O)N(CC2CCCCC2)C[C@H]2N1C(=O)CN(C)N2C(=O)NCc1ccccc1. The Balaban J connectivity index is 1.58. The second kappa shape index (κ2) is 10.8. The molecular formula is C26H39N5O3. The van der Waals surface area contributed by atoms with Gasteiger partial charge in [0.15, 0.2) is 0 Å². The summed E-state index contributed by atoms with van der Waals surface area (Å²) in [6.45, 7) is 5.65. The number of hydrazine groups is 1. The Labute approximate surface area is 203 Å². The van der Waals surface area contributed by atoms with Crippen molar-refractivity contribution in [1.82, 2.24) is 25.1 Å². The molecule has 2 heterocycles. The first-order valence-electron chi connectivity index (χ1n) is 12.8. The van der Waals surface area contributed by atoms with Crippen molar-refractivity contribution in [2.24, 2.45) is 11.8 Å². The maximum atomic E-state index is 13.7. The van der Waals surface area contributed by atoms with E-state index in [1.807, 2.05) is 42.2 Å². The molecule has 0 spiro atoms. The number of carbonyl (C=O) groups excluding carboxylic acids is 3. The van der Waals surface area contributed by atoms with Crippen LogP contribution in [0.4, 0.5) is 4.79 Å². The van der Waals surface area contributed by atoms with E-state index in [4.69, 9.17) is 0 Å². The van der Waals surface area contributed by atoms with Crippen molar-refractivity contribution in [3.8, 4) is 0 Å². The van der Waals surface area contributed by atoms with Gasteiger partial charge >= 0.3 is 6.03 Å². The van der Waals surface area contributed by atoms with Crippen molar-refractivity contribution < 1.29 is 14.4 Å². The fourth-order valence-electron chi connectivity index (χ4n) is 5.70. The molecule has 1 unspecified atom stereocenters. The molecule has 0 bridgehead atoms. The summed E-state index contributed by atoms with van der Waals surface area (Å²) < 4.78 is 0. The van der Waals surface area contributed by atoms with Crippen LogP contribution in [0.5, 0.6) is 0 Å². The van der Waals surface area contributed by atoms with Crippen LogP contribution in [-0.4, -0.2) is 76.6 Å². The Morgan fingerprint density at radius 3 is 2.50 bits per heavy atom. The lowest BCUT2D eigenvalue weighted by Gasteiger charge is -2.55. The zero-order valence-corrected chi connectivity index (χ0v) is 20.8. The molecular weight excluding hydrogens is 430 g/mol. The lowest BCUT2D eigenvalue weighted by molar-refractivity contribution is -0.191. The Kier molecular flexibility index (Phi) is 7.76. The molecule has 186 valence electrons. The third-order valence-corrected chi connectivity index (χ3v) is 7.75. The number of urea groups is 1. The minimum absolute atomic E-state index is 0.0192. The highest BCUT2D eigenvalue weighted by molar-refractivity contribution is 5.91. The van der Waals surface area contributed by atoms with Crippen molar-refractivity contribution in [3.63, 3.8) is 0 Å². The van der Waals surface area contributed by atoms with E-state index in [0.29, 0.717) is 25.6 Å². The van der Waals surface area contributed by atoms with E-state index in [2.05, 4.69) is 12.2 Å². The Morgan fingerprint density at radius 2 is 1.82 bits per heavy atom. The largest absolute Gasteiger partial charge is 0.337 e. The quantitative estimate of drug-likeness (QED) is 0.695. The highest BCUT2D eigenvalue weighted by Crippen LogP contribution is 2.32. The van der Waals surface area contributed by atoms with Gasteiger partial charge in [-0.3, -0.25) is 9.59 Å². The molecule has 3 aliphatic rings. The summed E-state index contributed by atoms with van der Waals surface area (Å²) in [6, 6.07) is 9.01. The van der Waals surface area contributed by atoms with Gasteiger partial charge < -0.3 is 15.1 Å². The number of rotatable bonds is 6. The molecule has 1 aromatic rings. The number of carbonyl (C=O) groups is 3. The number of amides is 4. The number of hydrogen-bond donors (Lipinski definition) is 1. The number of piperazine rings is 1. The van der Waals surface area contributed by atoms with E-state index in [-0.39, 0.29) is 30.3 Å². The van der Waals surface area contributed by atoms with Gasteiger partial charge in [0.2, 0.25) is 11.8 Å². The van der Waals surface area contributed by atoms with E-state index in [0.717, 1.165) is 24.8 Å². The minimum Gasteiger partial charge on any atom is -0.337 e. The molecule has 2 aliphatic heterocycles. The van der Waals surface area contributed by atoms with Crippen molar-refractivity contribution in [2.75, 3.05) is 26.7 Å². The van der Waals surface area contributed by atoms with Crippen LogP contribution in [0.1, 0.15) is 57.9 Å². The van der Waals surface area contributed by atoms with Crippen molar-refractivity contribution in [3.05, 3.63) is 35.9 Å².